The van der Waals surface area contributed by atoms with E-state index in [9.17, 15) is 0 Å². The topological polar surface area (TPSA) is 38.0 Å². The first-order valence-electron chi connectivity index (χ1n) is 5.73. The van der Waals surface area contributed by atoms with E-state index in [4.69, 9.17) is 5.73 Å². The zero-order valence-corrected chi connectivity index (χ0v) is 9.53. The molecule has 1 saturated carbocycles. The number of benzene rings is 1. The number of hydrogen-bond acceptors (Lipinski definition) is 2. The summed E-state index contributed by atoms with van der Waals surface area (Å²) in [7, 11) is 0. The van der Waals surface area contributed by atoms with Crippen LogP contribution in [0.25, 0.3) is 0 Å². The Morgan fingerprint density at radius 1 is 1.40 bits per heavy atom. The second-order valence-corrected chi connectivity index (χ2v) is 4.73. The number of aryl methyl sites for hydroxylation is 1. The zero-order valence-electron chi connectivity index (χ0n) is 9.53. The molecule has 0 heterocycles. The maximum absolute atomic E-state index is 5.77. The summed E-state index contributed by atoms with van der Waals surface area (Å²) in [6, 6.07) is 10.2. The molecule has 1 aromatic rings. The minimum atomic E-state index is 0.423. The molecule has 0 spiro atoms. The fourth-order valence-electron chi connectivity index (χ4n) is 2.19. The Balaban J connectivity index is 1.93. The van der Waals surface area contributed by atoms with E-state index in [-0.39, 0.29) is 0 Å². The fourth-order valence-corrected chi connectivity index (χ4v) is 2.19. The van der Waals surface area contributed by atoms with E-state index in [0.29, 0.717) is 18.1 Å². The molecule has 0 aliphatic heterocycles. The van der Waals surface area contributed by atoms with Gasteiger partial charge in [0.05, 0.1) is 0 Å². The summed E-state index contributed by atoms with van der Waals surface area (Å²) in [4.78, 5) is 0. The van der Waals surface area contributed by atoms with E-state index < -0.39 is 0 Å². The highest BCUT2D eigenvalue weighted by Crippen LogP contribution is 2.22. The van der Waals surface area contributed by atoms with Gasteiger partial charge in [0, 0.05) is 18.1 Å². The van der Waals surface area contributed by atoms with Crippen LogP contribution in [-0.4, -0.2) is 12.1 Å². The third-order valence-electron chi connectivity index (χ3n) is 3.20. The molecule has 1 aromatic carbocycles. The predicted molar refractivity (Wildman–Crippen MR) is 63.7 cm³/mol. The first kappa shape index (κ1) is 10.7. The Hall–Kier alpha value is -0.860. The molecule has 0 amide bonds. The van der Waals surface area contributed by atoms with Crippen molar-refractivity contribution in [2.45, 2.75) is 44.8 Å². The molecule has 15 heavy (non-hydrogen) atoms. The van der Waals surface area contributed by atoms with Crippen molar-refractivity contribution < 1.29 is 0 Å². The molecule has 0 bridgehead atoms. The molecule has 3 N–H and O–H groups in total. The van der Waals surface area contributed by atoms with Crippen LogP contribution in [0.15, 0.2) is 24.3 Å². The summed E-state index contributed by atoms with van der Waals surface area (Å²) in [5.74, 6) is 0. The van der Waals surface area contributed by atoms with Crippen LogP contribution in [0.3, 0.4) is 0 Å². The third-order valence-corrected chi connectivity index (χ3v) is 3.20. The van der Waals surface area contributed by atoms with E-state index in [1.165, 1.54) is 11.1 Å². The van der Waals surface area contributed by atoms with Gasteiger partial charge in [0.25, 0.3) is 0 Å². The van der Waals surface area contributed by atoms with Gasteiger partial charge in [-0.05, 0) is 32.3 Å². The largest absolute Gasteiger partial charge is 0.328 e. The lowest BCUT2D eigenvalue weighted by atomic mass is 9.86. The van der Waals surface area contributed by atoms with Crippen LogP contribution in [0.1, 0.15) is 36.9 Å². The maximum Gasteiger partial charge on any atom is 0.0294 e. The molecule has 0 aromatic heterocycles. The Morgan fingerprint density at radius 3 is 2.73 bits per heavy atom. The van der Waals surface area contributed by atoms with Crippen LogP contribution in [0, 0.1) is 6.92 Å². The van der Waals surface area contributed by atoms with E-state index in [0.717, 1.165) is 12.8 Å². The standard InChI is InChI=1S/C13H20N2/c1-9-4-3-5-11(6-9)10(2)15-13-7-12(14)8-13/h3-6,10,12-13,15H,7-8,14H2,1-2H3/t10-,12?,13?/m1/s1. The van der Waals surface area contributed by atoms with Gasteiger partial charge >= 0.3 is 0 Å². The van der Waals surface area contributed by atoms with Crippen LogP contribution in [0.4, 0.5) is 0 Å². The minimum Gasteiger partial charge on any atom is -0.328 e. The van der Waals surface area contributed by atoms with Crippen molar-refractivity contribution in [3.8, 4) is 0 Å². The zero-order chi connectivity index (χ0) is 10.8. The smallest absolute Gasteiger partial charge is 0.0294 e. The highest BCUT2D eigenvalue weighted by atomic mass is 15.0. The number of nitrogens with two attached hydrogens (primary N) is 1. The monoisotopic (exact) mass is 204 g/mol. The van der Waals surface area contributed by atoms with Crippen molar-refractivity contribution in [2.75, 3.05) is 0 Å². The second-order valence-electron chi connectivity index (χ2n) is 4.73. The van der Waals surface area contributed by atoms with E-state index >= 15 is 0 Å². The van der Waals surface area contributed by atoms with Crippen molar-refractivity contribution in [1.29, 1.82) is 0 Å². The quantitative estimate of drug-likeness (QED) is 0.791. The van der Waals surface area contributed by atoms with Crippen LogP contribution in [-0.2, 0) is 0 Å². The lowest BCUT2D eigenvalue weighted by molar-refractivity contribution is 0.272. The first-order chi connectivity index (χ1) is 7.15. The van der Waals surface area contributed by atoms with Crippen LogP contribution in [0.5, 0.6) is 0 Å². The first-order valence-corrected chi connectivity index (χ1v) is 5.73. The Morgan fingerprint density at radius 2 is 2.13 bits per heavy atom. The van der Waals surface area contributed by atoms with Gasteiger partial charge in [-0.25, -0.2) is 0 Å². The van der Waals surface area contributed by atoms with E-state index in [2.05, 4.69) is 43.4 Å². The SMILES string of the molecule is Cc1cccc([C@@H](C)NC2CC(N)C2)c1. The van der Waals surface area contributed by atoms with Gasteiger partial charge < -0.3 is 11.1 Å². The summed E-state index contributed by atoms with van der Waals surface area (Å²) in [6.07, 6.45) is 2.24. The molecule has 1 aliphatic carbocycles. The number of nitrogens with one attached hydrogen (secondary N) is 1. The molecule has 2 rings (SSSR count). The van der Waals surface area contributed by atoms with Gasteiger partial charge in [0.15, 0.2) is 0 Å². The molecule has 0 saturated heterocycles. The average Bonchev–Trinajstić information content (AvgIpc) is 2.15. The normalized spacial score (nSPS) is 27.1. The highest BCUT2D eigenvalue weighted by Gasteiger charge is 2.26. The number of hydrogen-bond donors (Lipinski definition) is 2. The third kappa shape index (κ3) is 2.58. The average molecular weight is 204 g/mol. The summed E-state index contributed by atoms with van der Waals surface area (Å²) < 4.78 is 0. The molecular weight excluding hydrogens is 184 g/mol. The molecule has 82 valence electrons. The predicted octanol–water partition coefficient (Wildman–Crippen LogP) is 2.14. The molecule has 0 unspecified atom stereocenters. The van der Waals surface area contributed by atoms with E-state index in [1.54, 1.807) is 0 Å². The molecular formula is C13H20N2. The van der Waals surface area contributed by atoms with Crippen LogP contribution in [0.2, 0.25) is 0 Å². The second kappa shape index (κ2) is 4.33. The van der Waals surface area contributed by atoms with Crippen molar-refractivity contribution in [3.63, 3.8) is 0 Å². The molecule has 1 fully saturated rings. The lowest BCUT2D eigenvalue weighted by Crippen LogP contribution is -2.49. The maximum atomic E-state index is 5.77. The molecule has 2 nitrogen and oxygen atoms in total. The van der Waals surface area contributed by atoms with Crippen LogP contribution < -0.4 is 11.1 Å². The summed E-state index contributed by atoms with van der Waals surface area (Å²) in [5, 5.41) is 3.61. The fraction of sp³-hybridized carbons (Fsp3) is 0.538. The van der Waals surface area contributed by atoms with Gasteiger partial charge in [-0.2, -0.15) is 0 Å². The van der Waals surface area contributed by atoms with Crippen molar-refractivity contribution in [1.82, 2.24) is 5.32 Å². The van der Waals surface area contributed by atoms with Crippen molar-refractivity contribution in [3.05, 3.63) is 35.4 Å². The number of rotatable bonds is 3. The van der Waals surface area contributed by atoms with Gasteiger partial charge in [-0.1, -0.05) is 29.8 Å². The Labute approximate surface area is 91.9 Å². The van der Waals surface area contributed by atoms with Gasteiger partial charge in [-0.3, -0.25) is 0 Å². The molecule has 1 atom stereocenters. The van der Waals surface area contributed by atoms with Crippen LogP contribution >= 0.6 is 0 Å². The molecule has 1 aliphatic rings. The van der Waals surface area contributed by atoms with Crippen molar-refractivity contribution in [2.24, 2.45) is 5.73 Å². The Kier molecular flexibility index (Phi) is 3.08. The van der Waals surface area contributed by atoms with Gasteiger partial charge in [0.2, 0.25) is 0 Å². The highest BCUT2D eigenvalue weighted by molar-refractivity contribution is 5.24. The van der Waals surface area contributed by atoms with Gasteiger partial charge in [0.1, 0.15) is 0 Å². The lowest BCUT2D eigenvalue weighted by Gasteiger charge is -2.35. The molecule has 0 radical (unpaired) electrons. The summed E-state index contributed by atoms with van der Waals surface area (Å²) in [6.45, 7) is 4.36. The molecule has 2 heteroatoms. The van der Waals surface area contributed by atoms with E-state index in [1.807, 2.05) is 0 Å². The minimum absolute atomic E-state index is 0.423. The van der Waals surface area contributed by atoms with Crippen molar-refractivity contribution >= 4 is 0 Å². The van der Waals surface area contributed by atoms with Gasteiger partial charge in [-0.15, -0.1) is 0 Å². The Bertz CT molecular complexity index is 329. The summed E-state index contributed by atoms with van der Waals surface area (Å²) in [5.41, 5.74) is 8.46. The summed E-state index contributed by atoms with van der Waals surface area (Å²) >= 11 is 0.